The van der Waals surface area contributed by atoms with E-state index in [-0.39, 0.29) is 31.1 Å². The maximum Gasteiger partial charge on any atom is 0.306 e. The Morgan fingerprint density at radius 1 is 0.244 bits per heavy atom. The first-order valence-corrected chi connectivity index (χ1v) is 35.3. The molecule has 0 bridgehead atoms. The van der Waals surface area contributed by atoms with Gasteiger partial charge < -0.3 is 14.2 Å². The van der Waals surface area contributed by atoms with Gasteiger partial charge in [0.05, 0.1) is 0 Å². The molecule has 78 heavy (non-hydrogen) atoms. The lowest BCUT2D eigenvalue weighted by atomic mass is 10.0. The molecule has 0 heterocycles. The second-order valence-corrected chi connectivity index (χ2v) is 24.1. The summed E-state index contributed by atoms with van der Waals surface area (Å²) in [5, 5.41) is 0. The summed E-state index contributed by atoms with van der Waals surface area (Å²) in [4.78, 5) is 38.4. The molecule has 0 amide bonds. The second kappa shape index (κ2) is 67.4. The number of carbonyl (C=O) groups is 3. The summed E-state index contributed by atoms with van der Waals surface area (Å²) in [6, 6.07) is 0. The molecule has 0 aromatic rings. The molecule has 6 nitrogen and oxygen atoms in total. The molecule has 1 atom stereocenters. The van der Waals surface area contributed by atoms with Crippen LogP contribution in [0.2, 0.25) is 0 Å². The second-order valence-electron chi connectivity index (χ2n) is 24.1. The predicted octanol–water partition coefficient (Wildman–Crippen LogP) is 24.2. The Morgan fingerprint density at radius 3 is 0.641 bits per heavy atom. The summed E-state index contributed by atoms with van der Waals surface area (Å²) >= 11 is 0. The summed E-state index contributed by atoms with van der Waals surface area (Å²) < 4.78 is 17.0. The van der Waals surface area contributed by atoms with Crippen molar-refractivity contribution in [3.8, 4) is 0 Å². The van der Waals surface area contributed by atoms with Crippen LogP contribution in [0.1, 0.15) is 400 Å². The highest BCUT2D eigenvalue weighted by atomic mass is 16.6. The van der Waals surface area contributed by atoms with E-state index in [9.17, 15) is 14.4 Å². The normalized spacial score (nSPS) is 12.1. The quantitative estimate of drug-likeness (QED) is 0.0261. The van der Waals surface area contributed by atoms with Gasteiger partial charge in [0.25, 0.3) is 0 Å². The van der Waals surface area contributed by atoms with E-state index < -0.39 is 6.10 Å². The van der Waals surface area contributed by atoms with Crippen LogP contribution in [-0.4, -0.2) is 37.2 Å². The van der Waals surface area contributed by atoms with Gasteiger partial charge >= 0.3 is 17.9 Å². The summed E-state index contributed by atoms with van der Waals surface area (Å²) in [5.74, 6) is -0.837. The zero-order valence-corrected chi connectivity index (χ0v) is 53.0. The molecule has 0 spiro atoms. The Balaban J connectivity index is 4.25. The number of ether oxygens (including phenoxy) is 3. The zero-order chi connectivity index (χ0) is 56.4. The lowest BCUT2D eigenvalue weighted by Crippen LogP contribution is -2.30. The molecular weight excluding hydrogens is 961 g/mol. The third-order valence-electron chi connectivity index (χ3n) is 16.2. The van der Waals surface area contributed by atoms with Gasteiger partial charge in [0.1, 0.15) is 13.2 Å². The minimum atomic E-state index is -0.770. The highest BCUT2D eigenvalue weighted by molar-refractivity contribution is 5.71. The smallest absolute Gasteiger partial charge is 0.306 e. The largest absolute Gasteiger partial charge is 0.462 e. The maximum absolute atomic E-state index is 12.9. The zero-order valence-electron chi connectivity index (χ0n) is 53.0. The monoisotopic (exact) mass is 1100 g/mol. The van der Waals surface area contributed by atoms with Crippen molar-refractivity contribution in [1.29, 1.82) is 0 Å². The summed E-state index contributed by atoms with van der Waals surface area (Å²) in [6.07, 6.45) is 82.0. The Labute approximate surface area is 487 Å². The summed E-state index contributed by atoms with van der Waals surface area (Å²) in [6.45, 7) is 6.72. The molecule has 0 aliphatic heterocycles. The number of hydrogen-bond acceptors (Lipinski definition) is 6. The van der Waals surface area contributed by atoms with Crippen molar-refractivity contribution in [3.05, 3.63) is 24.3 Å². The molecule has 6 heteroatoms. The predicted molar refractivity (Wildman–Crippen MR) is 340 cm³/mol. The number of allylic oxidation sites excluding steroid dienone is 4. The van der Waals surface area contributed by atoms with Crippen molar-refractivity contribution in [2.45, 2.75) is 406 Å². The fourth-order valence-corrected chi connectivity index (χ4v) is 10.8. The average Bonchev–Trinajstić information content (AvgIpc) is 3.44. The van der Waals surface area contributed by atoms with Crippen LogP contribution in [0.15, 0.2) is 24.3 Å². The van der Waals surface area contributed by atoms with E-state index >= 15 is 0 Å². The van der Waals surface area contributed by atoms with Crippen LogP contribution in [0, 0.1) is 0 Å². The number of carbonyl (C=O) groups excluding carboxylic acids is 3. The van der Waals surface area contributed by atoms with Gasteiger partial charge in [-0.25, -0.2) is 0 Å². The fraction of sp³-hybridized carbons (Fsp3) is 0.903. The number of esters is 3. The van der Waals surface area contributed by atoms with Gasteiger partial charge in [-0.1, -0.05) is 334 Å². The average molecular weight is 1100 g/mol. The van der Waals surface area contributed by atoms with Crippen molar-refractivity contribution < 1.29 is 28.6 Å². The van der Waals surface area contributed by atoms with E-state index in [1.807, 2.05) is 0 Å². The third kappa shape index (κ3) is 64.7. The lowest BCUT2D eigenvalue weighted by molar-refractivity contribution is -0.167. The topological polar surface area (TPSA) is 78.9 Å². The van der Waals surface area contributed by atoms with Crippen LogP contribution in [-0.2, 0) is 28.6 Å². The van der Waals surface area contributed by atoms with Crippen LogP contribution in [0.25, 0.3) is 0 Å². The van der Waals surface area contributed by atoms with Crippen LogP contribution >= 0.6 is 0 Å². The molecule has 0 saturated carbocycles. The first-order chi connectivity index (χ1) is 38.5. The van der Waals surface area contributed by atoms with Crippen LogP contribution < -0.4 is 0 Å². The van der Waals surface area contributed by atoms with Gasteiger partial charge in [-0.3, -0.25) is 14.4 Å². The standard InChI is InChI=1S/C72H136O6/c1-4-7-10-13-16-19-22-25-28-30-32-34-35-36-37-39-40-42-44-47-50-53-56-59-62-65-71(74)77-68-69(67-76-70(73)64-61-58-55-52-49-46-27-24-21-18-15-12-9-6-3)78-72(75)66-63-60-57-54-51-48-45-43-41-38-33-31-29-26-23-20-17-14-11-8-5-2/h30-33,69H,4-29,34-68H2,1-3H3/b32-30-,33-31-. The van der Waals surface area contributed by atoms with Gasteiger partial charge in [0.2, 0.25) is 0 Å². The van der Waals surface area contributed by atoms with Crippen molar-refractivity contribution in [1.82, 2.24) is 0 Å². The minimum Gasteiger partial charge on any atom is -0.462 e. The molecule has 0 aliphatic rings. The van der Waals surface area contributed by atoms with Gasteiger partial charge in [-0.2, -0.15) is 0 Å². The molecule has 0 aromatic carbocycles. The van der Waals surface area contributed by atoms with Gasteiger partial charge in [0, 0.05) is 19.3 Å². The highest BCUT2D eigenvalue weighted by Gasteiger charge is 2.19. The number of hydrogen-bond donors (Lipinski definition) is 0. The Morgan fingerprint density at radius 2 is 0.423 bits per heavy atom. The van der Waals surface area contributed by atoms with E-state index in [4.69, 9.17) is 14.2 Å². The highest BCUT2D eigenvalue weighted by Crippen LogP contribution is 2.18. The van der Waals surface area contributed by atoms with E-state index in [1.165, 1.54) is 302 Å². The van der Waals surface area contributed by atoms with Gasteiger partial charge in [0.15, 0.2) is 6.10 Å². The van der Waals surface area contributed by atoms with Crippen LogP contribution in [0.4, 0.5) is 0 Å². The van der Waals surface area contributed by atoms with Crippen molar-refractivity contribution >= 4 is 17.9 Å². The molecule has 1 unspecified atom stereocenters. The van der Waals surface area contributed by atoms with E-state index in [1.54, 1.807) is 0 Å². The number of rotatable bonds is 66. The molecule has 0 fully saturated rings. The maximum atomic E-state index is 12.9. The Bertz CT molecular complexity index is 1260. The molecule has 460 valence electrons. The molecule has 0 N–H and O–H groups in total. The number of unbranched alkanes of at least 4 members (excludes halogenated alkanes) is 51. The van der Waals surface area contributed by atoms with Crippen molar-refractivity contribution in [2.75, 3.05) is 13.2 Å². The van der Waals surface area contributed by atoms with Crippen molar-refractivity contribution in [3.63, 3.8) is 0 Å². The third-order valence-corrected chi connectivity index (χ3v) is 16.2. The van der Waals surface area contributed by atoms with E-state index in [0.29, 0.717) is 19.3 Å². The van der Waals surface area contributed by atoms with Gasteiger partial charge in [-0.15, -0.1) is 0 Å². The molecule has 0 radical (unpaired) electrons. The Kier molecular flexibility index (Phi) is 65.6. The van der Waals surface area contributed by atoms with Gasteiger partial charge in [-0.05, 0) is 70.6 Å². The molecule has 0 aromatic heterocycles. The molecular formula is C72H136O6. The minimum absolute atomic E-state index is 0.0661. The molecule has 0 aliphatic carbocycles. The first-order valence-electron chi connectivity index (χ1n) is 35.3. The Hall–Kier alpha value is -2.11. The summed E-state index contributed by atoms with van der Waals surface area (Å²) in [5.41, 5.74) is 0. The fourth-order valence-electron chi connectivity index (χ4n) is 10.8. The van der Waals surface area contributed by atoms with Crippen molar-refractivity contribution in [2.24, 2.45) is 0 Å². The first kappa shape index (κ1) is 75.9. The summed E-state index contributed by atoms with van der Waals surface area (Å²) in [7, 11) is 0. The molecule has 0 rings (SSSR count). The molecule has 0 saturated heterocycles. The lowest BCUT2D eigenvalue weighted by Gasteiger charge is -2.18. The SMILES string of the molecule is CCCCCCCCCC/C=C\CCCCCCCCCCCCCCCC(=O)OCC(COC(=O)CCCCCCCCCCCCCCCC)OC(=O)CCCCCCCCCCC/C=C\CCCCCCCCCC. The van der Waals surface area contributed by atoms with E-state index in [0.717, 1.165) is 57.8 Å². The van der Waals surface area contributed by atoms with E-state index in [2.05, 4.69) is 45.1 Å². The van der Waals surface area contributed by atoms with Crippen LogP contribution in [0.5, 0.6) is 0 Å². The van der Waals surface area contributed by atoms with Crippen LogP contribution in [0.3, 0.4) is 0 Å².